The highest BCUT2D eigenvalue weighted by molar-refractivity contribution is 7.71. The fourth-order valence-corrected chi connectivity index (χ4v) is 3.18. The Morgan fingerprint density at radius 1 is 1.15 bits per heavy atom. The number of halogens is 6. The van der Waals surface area contributed by atoms with Crippen LogP contribution in [-0.4, -0.2) is 26.8 Å². The van der Waals surface area contributed by atoms with Gasteiger partial charge in [-0.05, 0) is 18.2 Å². The van der Waals surface area contributed by atoms with E-state index in [1.807, 2.05) is 5.32 Å². The molecule has 1 aromatic carbocycles. The van der Waals surface area contributed by atoms with Crippen LogP contribution in [0.25, 0.3) is 16.5 Å². The van der Waals surface area contributed by atoms with E-state index >= 15 is 0 Å². The molecule has 1 amide bonds. The second-order valence-electron chi connectivity index (χ2n) is 6.54. The van der Waals surface area contributed by atoms with Gasteiger partial charge in [0.15, 0.2) is 5.69 Å². The van der Waals surface area contributed by atoms with Crippen molar-refractivity contribution >= 4 is 28.9 Å². The smallest absolute Gasteiger partial charge is 0.403 e. The molecule has 0 spiro atoms. The molecule has 0 bridgehead atoms. The molecule has 3 aromatic rings. The second-order valence-corrected chi connectivity index (χ2v) is 6.94. The van der Waals surface area contributed by atoms with Crippen LogP contribution in [0.5, 0.6) is 0 Å². The SMILES string of the molecule is N/C=C(\C=C(/N)C(F)(F)F)NC(=O)c1cnn(-c2cccc3c(=S)[nH]ccc23)c1C(F)(F)F. The maximum absolute atomic E-state index is 14.0. The number of aromatic nitrogens is 3. The van der Waals surface area contributed by atoms with Crippen molar-refractivity contribution in [3.05, 3.63) is 76.2 Å². The molecule has 0 atom stereocenters. The Morgan fingerprint density at radius 3 is 2.45 bits per heavy atom. The molecule has 0 aliphatic heterocycles. The number of carbonyl (C=O) groups is 1. The Bertz CT molecular complexity index is 1340. The molecule has 0 unspecified atom stereocenters. The van der Waals surface area contributed by atoms with Crippen molar-refractivity contribution < 1.29 is 31.1 Å². The van der Waals surface area contributed by atoms with Crippen LogP contribution in [0.4, 0.5) is 26.3 Å². The Kier molecular flexibility index (Phi) is 6.22. The average molecular weight is 488 g/mol. The van der Waals surface area contributed by atoms with Gasteiger partial charge in [-0.2, -0.15) is 31.4 Å². The van der Waals surface area contributed by atoms with Gasteiger partial charge in [0.25, 0.3) is 5.91 Å². The number of alkyl halides is 6. The van der Waals surface area contributed by atoms with E-state index in [2.05, 4.69) is 10.1 Å². The van der Waals surface area contributed by atoms with Crippen LogP contribution in [-0.2, 0) is 6.18 Å². The fraction of sp³-hybridized carbons (Fsp3) is 0.105. The van der Waals surface area contributed by atoms with Gasteiger partial charge < -0.3 is 21.8 Å². The van der Waals surface area contributed by atoms with Gasteiger partial charge in [0.1, 0.15) is 10.3 Å². The van der Waals surface area contributed by atoms with Crippen molar-refractivity contribution in [3.63, 3.8) is 0 Å². The zero-order chi connectivity index (χ0) is 24.6. The van der Waals surface area contributed by atoms with Crippen LogP contribution in [0.2, 0.25) is 0 Å². The van der Waals surface area contributed by atoms with E-state index in [1.54, 1.807) is 6.07 Å². The summed E-state index contributed by atoms with van der Waals surface area (Å²) in [6, 6.07) is 5.89. The first-order chi connectivity index (χ1) is 15.3. The number of hydrogen-bond donors (Lipinski definition) is 4. The molecule has 3 rings (SSSR count). The topological polar surface area (TPSA) is 115 Å². The van der Waals surface area contributed by atoms with Gasteiger partial charge in [0.05, 0.1) is 23.1 Å². The molecule has 0 aliphatic rings. The van der Waals surface area contributed by atoms with E-state index in [1.165, 1.54) is 24.4 Å². The van der Waals surface area contributed by atoms with E-state index in [9.17, 15) is 31.1 Å². The maximum Gasteiger partial charge on any atom is 0.434 e. The molecule has 2 heterocycles. The number of allylic oxidation sites excluding steroid dienone is 2. The molecule has 0 aliphatic carbocycles. The minimum absolute atomic E-state index is 0.0187. The van der Waals surface area contributed by atoms with Crippen LogP contribution in [0.1, 0.15) is 16.1 Å². The molecule has 0 radical (unpaired) electrons. The third-order valence-electron chi connectivity index (χ3n) is 4.38. The predicted octanol–water partition coefficient (Wildman–Crippen LogP) is 4.04. The van der Waals surface area contributed by atoms with E-state index in [4.69, 9.17) is 23.7 Å². The second kappa shape index (κ2) is 8.61. The highest BCUT2D eigenvalue weighted by atomic mass is 32.1. The molecule has 33 heavy (non-hydrogen) atoms. The number of rotatable bonds is 4. The Hall–Kier alpha value is -3.81. The van der Waals surface area contributed by atoms with Gasteiger partial charge in [-0.25, -0.2) is 4.68 Å². The van der Waals surface area contributed by atoms with Crippen molar-refractivity contribution in [2.45, 2.75) is 12.4 Å². The van der Waals surface area contributed by atoms with E-state index < -0.39 is 40.9 Å². The number of benzene rings is 1. The van der Waals surface area contributed by atoms with Crippen LogP contribution >= 0.6 is 12.2 Å². The lowest BCUT2D eigenvalue weighted by molar-refractivity contribution is -0.143. The largest absolute Gasteiger partial charge is 0.434 e. The predicted molar refractivity (Wildman–Crippen MR) is 109 cm³/mol. The lowest BCUT2D eigenvalue weighted by Gasteiger charge is -2.15. The van der Waals surface area contributed by atoms with Crippen molar-refractivity contribution in [1.29, 1.82) is 0 Å². The lowest BCUT2D eigenvalue weighted by Crippen LogP contribution is -2.28. The van der Waals surface area contributed by atoms with E-state index in [0.717, 1.165) is 0 Å². The number of amides is 1. The highest BCUT2D eigenvalue weighted by Crippen LogP contribution is 2.35. The summed E-state index contributed by atoms with van der Waals surface area (Å²) in [7, 11) is 0. The summed E-state index contributed by atoms with van der Waals surface area (Å²) in [5.41, 5.74) is 5.37. The zero-order valence-corrected chi connectivity index (χ0v) is 17.1. The third kappa shape index (κ3) is 4.84. The third-order valence-corrected chi connectivity index (χ3v) is 4.72. The molecule has 6 N–H and O–H groups in total. The summed E-state index contributed by atoms with van der Waals surface area (Å²) in [6.07, 6.45) is -7.07. The number of nitrogens with two attached hydrogens (primary N) is 2. The van der Waals surface area contributed by atoms with Gasteiger partial charge in [-0.15, -0.1) is 0 Å². The number of hydrogen-bond acceptors (Lipinski definition) is 5. The molecular formula is C19H14F6N6OS. The van der Waals surface area contributed by atoms with Crippen LogP contribution in [0.15, 0.2) is 60.3 Å². The Labute approximate surface area is 186 Å². The number of fused-ring (bicyclic) bond motifs is 1. The van der Waals surface area contributed by atoms with E-state index in [0.29, 0.717) is 27.9 Å². The number of carbonyl (C=O) groups excluding carboxylic acids is 1. The fourth-order valence-electron chi connectivity index (χ4n) is 2.93. The van der Waals surface area contributed by atoms with Crippen molar-refractivity contribution in [1.82, 2.24) is 20.1 Å². The van der Waals surface area contributed by atoms with E-state index in [-0.39, 0.29) is 16.4 Å². The summed E-state index contributed by atoms with van der Waals surface area (Å²) in [6.45, 7) is 0. The monoisotopic (exact) mass is 488 g/mol. The van der Waals surface area contributed by atoms with Crippen molar-refractivity contribution in [2.24, 2.45) is 11.5 Å². The molecule has 7 nitrogen and oxygen atoms in total. The minimum Gasteiger partial charge on any atom is -0.403 e. The first-order valence-corrected chi connectivity index (χ1v) is 9.29. The molecule has 14 heteroatoms. The first-order valence-electron chi connectivity index (χ1n) is 8.88. The summed E-state index contributed by atoms with van der Waals surface area (Å²) < 4.78 is 80.6. The first kappa shape index (κ1) is 23.8. The molecule has 0 saturated heterocycles. The highest BCUT2D eigenvalue weighted by Gasteiger charge is 2.41. The Balaban J connectivity index is 2.11. The van der Waals surface area contributed by atoms with Crippen molar-refractivity contribution in [3.8, 4) is 5.69 Å². The zero-order valence-electron chi connectivity index (χ0n) is 16.3. The summed E-state index contributed by atoms with van der Waals surface area (Å²) >= 11 is 5.15. The molecule has 0 fully saturated rings. The van der Waals surface area contributed by atoms with Crippen LogP contribution < -0.4 is 16.8 Å². The summed E-state index contributed by atoms with van der Waals surface area (Å²) in [5, 5.41) is 6.35. The van der Waals surface area contributed by atoms with Gasteiger partial charge >= 0.3 is 12.4 Å². The normalized spacial score (nSPS) is 13.4. The average Bonchev–Trinajstić information content (AvgIpc) is 3.18. The molecule has 0 saturated carbocycles. The standard InChI is InChI=1S/C19H14F6N6OS/c20-18(21,22)14(27)6-9(7-26)30-16(32)12-8-29-31(15(12)19(23,24)25)13-3-1-2-11-10(13)4-5-28-17(11)33/h1-8H,26-27H2,(H,28,33)(H,30,32)/b9-7+,14-6-. The molecule has 174 valence electrons. The van der Waals surface area contributed by atoms with Crippen LogP contribution in [0.3, 0.4) is 0 Å². The number of H-pyrrole nitrogens is 1. The van der Waals surface area contributed by atoms with Crippen molar-refractivity contribution in [2.75, 3.05) is 0 Å². The lowest BCUT2D eigenvalue weighted by atomic mass is 10.1. The number of nitrogens with one attached hydrogen (secondary N) is 2. The summed E-state index contributed by atoms with van der Waals surface area (Å²) in [5.74, 6) is -1.39. The van der Waals surface area contributed by atoms with Crippen LogP contribution in [0, 0.1) is 4.64 Å². The maximum atomic E-state index is 14.0. The number of aromatic amines is 1. The minimum atomic E-state index is -5.06. The molecule has 2 aromatic heterocycles. The van der Waals surface area contributed by atoms with Gasteiger partial charge in [0.2, 0.25) is 0 Å². The Morgan fingerprint density at radius 2 is 1.85 bits per heavy atom. The molecular weight excluding hydrogens is 474 g/mol. The number of pyridine rings is 1. The van der Waals surface area contributed by atoms with Gasteiger partial charge in [0, 0.05) is 23.2 Å². The quantitative estimate of drug-likeness (QED) is 0.252. The van der Waals surface area contributed by atoms with Gasteiger partial charge in [-0.3, -0.25) is 4.79 Å². The summed E-state index contributed by atoms with van der Waals surface area (Å²) in [4.78, 5) is 15.3. The van der Waals surface area contributed by atoms with Gasteiger partial charge in [-0.1, -0.05) is 24.4 Å². The number of nitrogens with zero attached hydrogens (tertiary/aromatic N) is 2.